The van der Waals surface area contributed by atoms with Gasteiger partial charge < -0.3 is 15.4 Å². The van der Waals surface area contributed by atoms with Crippen molar-refractivity contribution in [3.05, 3.63) is 41.7 Å². The molecule has 3 rings (SSSR count). The highest BCUT2D eigenvalue weighted by atomic mass is 32.2. The van der Waals surface area contributed by atoms with Crippen molar-refractivity contribution in [2.45, 2.75) is 24.7 Å². The maximum absolute atomic E-state index is 12.5. The molecule has 1 aliphatic rings. The summed E-state index contributed by atoms with van der Waals surface area (Å²) in [4.78, 5) is 15.0. The number of aromatic nitrogens is 1. The highest BCUT2D eigenvalue weighted by Crippen LogP contribution is 2.25. The second kappa shape index (κ2) is 6.29. The van der Waals surface area contributed by atoms with E-state index in [1.165, 1.54) is 22.6 Å². The molecule has 0 atom stereocenters. The van der Waals surface area contributed by atoms with Gasteiger partial charge in [0.2, 0.25) is 10.0 Å². The highest BCUT2D eigenvalue weighted by molar-refractivity contribution is 7.89. The molecule has 1 saturated heterocycles. The molecule has 128 valence electrons. The van der Waals surface area contributed by atoms with E-state index in [0.29, 0.717) is 13.1 Å². The Bertz CT molecular complexity index is 867. The molecule has 1 amide bonds. The SMILES string of the molecule is Cc1ccc(NC(=O)c2cc(S(=O)(=O)N3CCCC3)c[nH]2)c(O)c1. The number of anilines is 1. The van der Waals surface area contributed by atoms with Crippen LogP contribution in [0.4, 0.5) is 5.69 Å². The molecule has 0 unspecified atom stereocenters. The van der Waals surface area contributed by atoms with Crippen LogP contribution in [0, 0.1) is 6.92 Å². The molecule has 0 bridgehead atoms. The molecule has 7 nitrogen and oxygen atoms in total. The third-order valence-corrected chi connectivity index (χ3v) is 5.88. The zero-order valence-corrected chi connectivity index (χ0v) is 14.1. The zero-order chi connectivity index (χ0) is 17.3. The Morgan fingerprint density at radius 1 is 1.25 bits per heavy atom. The van der Waals surface area contributed by atoms with Gasteiger partial charge in [-0.15, -0.1) is 0 Å². The first-order chi connectivity index (χ1) is 11.4. The predicted octanol–water partition coefficient (Wildman–Crippen LogP) is 2.07. The van der Waals surface area contributed by atoms with E-state index in [9.17, 15) is 18.3 Å². The summed E-state index contributed by atoms with van der Waals surface area (Å²) in [7, 11) is -3.57. The Balaban J connectivity index is 1.78. The number of nitrogens with one attached hydrogen (secondary N) is 2. The number of phenols is 1. The number of aryl methyl sites for hydroxylation is 1. The molecule has 1 aromatic heterocycles. The number of amides is 1. The monoisotopic (exact) mass is 349 g/mol. The van der Waals surface area contributed by atoms with Crippen molar-refractivity contribution in [2.24, 2.45) is 0 Å². The smallest absolute Gasteiger partial charge is 0.272 e. The van der Waals surface area contributed by atoms with Crippen LogP contribution in [0.5, 0.6) is 5.75 Å². The van der Waals surface area contributed by atoms with E-state index >= 15 is 0 Å². The van der Waals surface area contributed by atoms with Crippen LogP contribution < -0.4 is 5.32 Å². The first kappa shape index (κ1) is 16.5. The summed E-state index contributed by atoms with van der Waals surface area (Å²) in [5, 5.41) is 12.4. The van der Waals surface area contributed by atoms with Gasteiger partial charge in [0.15, 0.2) is 0 Å². The maximum Gasteiger partial charge on any atom is 0.272 e. The second-order valence-electron chi connectivity index (χ2n) is 5.83. The number of benzene rings is 1. The van der Waals surface area contributed by atoms with E-state index in [2.05, 4.69) is 10.3 Å². The minimum absolute atomic E-state index is 0.0418. The molecule has 0 saturated carbocycles. The van der Waals surface area contributed by atoms with E-state index in [1.807, 2.05) is 6.92 Å². The fourth-order valence-corrected chi connectivity index (χ4v) is 4.18. The summed E-state index contributed by atoms with van der Waals surface area (Å²) in [6, 6.07) is 6.20. The Morgan fingerprint density at radius 3 is 2.62 bits per heavy atom. The van der Waals surface area contributed by atoms with Crippen molar-refractivity contribution < 1.29 is 18.3 Å². The van der Waals surface area contributed by atoms with Gasteiger partial charge in [0.05, 0.1) is 5.69 Å². The summed E-state index contributed by atoms with van der Waals surface area (Å²) in [5.41, 5.74) is 1.25. The van der Waals surface area contributed by atoms with Gasteiger partial charge in [0, 0.05) is 19.3 Å². The van der Waals surface area contributed by atoms with Gasteiger partial charge in [-0.3, -0.25) is 4.79 Å². The number of aromatic amines is 1. The predicted molar refractivity (Wildman–Crippen MR) is 89.6 cm³/mol. The summed E-state index contributed by atoms with van der Waals surface area (Å²) < 4.78 is 26.3. The molecule has 8 heteroatoms. The van der Waals surface area contributed by atoms with Crippen molar-refractivity contribution >= 4 is 21.6 Å². The highest BCUT2D eigenvalue weighted by Gasteiger charge is 2.28. The Kier molecular flexibility index (Phi) is 4.33. The van der Waals surface area contributed by atoms with Crippen molar-refractivity contribution in [1.82, 2.24) is 9.29 Å². The topological polar surface area (TPSA) is 103 Å². The van der Waals surface area contributed by atoms with Crippen molar-refractivity contribution in [1.29, 1.82) is 0 Å². The van der Waals surface area contributed by atoms with Crippen molar-refractivity contribution in [2.75, 3.05) is 18.4 Å². The van der Waals surface area contributed by atoms with Crippen LogP contribution in [-0.4, -0.2) is 41.8 Å². The quantitative estimate of drug-likeness (QED) is 0.735. The molecular weight excluding hydrogens is 330 g/mol. The summed E-state index contributed by atoms with van der Waals surface area (Å²) in [6.45, 7) is 2.84. The minimum Gasteiger partial charge on any atom is -0.506 e. The fourth-order valence-electron chi connectivity index (χ4n) is 2.67. The molecule has 1 aromatic carbocycles. The van der Waals surface area contributed by atoms with Crippen LogP contribution in [0.3, 0.4) is 0 Å². The fraction of sp³-hybridized carbons (Fsp3) is 0.312. The van der Waals surface area contributed by atoms with Gasteiger partial charge in [-0.2, -0.15) is 4.31 Å². The standard InChI is InChI=1S/C16H19N3O4S/c1-11-4-5-13(15(20)8-11)18-16(21)14-9-12(10-17-14)24(22,23)19-6-2-3-7-19/h4-5,8-10,17,20H,2-3,6-7H2,1H3,(H,18,21). The Morgan fingerprint density at radius 2 is 1.96 bits per heavy atom. The van der Waals surface area contributed by atoms with Crippen LogP contribution >= 0.6 is 0 Å². The van der Waals surface area contributed by atoms with Crippen molar-refractivity contribution in [3.63, 3.8) is 0 Å². The molecule has 2 heterocycles. The number of sulfonamides is 1. The Labute approximate surface area is 140 Å². The lowest BCUT2D eigenvalue weighted by molar-refractivity contribution is 0.102. The van der Waals surface area contributed by atoms with E-state index in [0.717, 1.165) is 18.4 Å². The molecule has 1 aliphatic heterocycles. The van der Waals surface area contributed by atoms with Crippen LogP contribution in [0.2, 0.25) is 0 Å². The lowest BCUT2D eigenvalue weighted by Gasteiger charge is -2.13. The van der Waals surface area contributed by atoms with Gasteiger partial charge in [-0.05, 0) is 43.5 Å². The number of carbonyl (C=O) groups is 1. The zero-order valence-electron chi connectivity index (χ0n) is 13.2. The molecule has 1 fully saturated rings. The van der Waals surface area contributed by atoms with E-state index in [-0.39, 0.29) is 22.0 Å². The molecule has 0 aliphatic carbocycles. The number of phenolic OH excluding ortho intramolecular Hbond substituents is 1. The third kappa shape index (κ3) is 3.15. The van der Waals surface area contributed by atoms with Gasteiger partial charge in [-0.1, -0.05) is 6.07 Å². The van der Waals surface area contributed by atoms with E-state index in [1.54, 1.807) is 12.1 Å². The number of nitrogens with zero attached hydrogens (tertiary/aromatic N) is 1. The number of hydrogen-bond donors (Lipinski definition) is 3. The molecular formula is C16H19N3O4S. The van der Waals surface area contributed by atoms with Gasteiger partial charge in [0.1, 0.15) is 16.3 Å². The average molecular weight is 349 g/mol. The second-order valence-corrected chi connectivity index (χ2v) is 7.77. The molecule has 2 aromatic rings. The number of rotatable bonds is 4. The summed E-state index contributed by atoms with van der Waals surface area (Å²) >= 11 is 0. The normalized spacial score (nSPS) is 15.5. The number of H-pyrrole nitrogens is 1. The molecule has 0 radical (unpaired) electrons. The van der Waals surface area contributed by atoms with E-state index in [4.69, 9.17) is 0 Å². The van der Waals surface area contributed by atoms with Crippen LogP contribution in [-0.2, 0) is 10.0 Å². The first-order valence-electron chi connectivity index (χ1n) is 7.67. The summed E-state index contributed by atoms with van der Waals surface area (Å²) in [6.07, 6.45) is 3.02. The molecule has 24 heavy (non-hydrogen) atoms. The van der Waals surface area contributed by atoms with Crippen LogP contribution in [0.15, 0.2) is 35.4 Å². The lowest BCUT2D eigenvalue weighted by atomic mass is 10.2. The van der Waals surface area contributed by atoms with E-state index < -0.39 is 15.9 Å². The molecule has 3 N–H and O–H groups in total. The van der Waals surface area contributed by atoms with Gasteiger partial charge in [-0.25, -0.2) is 8.42 Å². The van der Waals surface area contributed by atoms with Crippen LogP contribution in [0.25, 0.3) is 0 Å². The number of hydrogen-bond acceptors (Lipinski definition) is 4. The largest absolute Gasteiger partial charge is 0.506 e. The maximum atomic E-state index is 12.5. The molecule has 0 spiro atoms. The number of carbonyl (C=O) groups excluding carboxylic acids is 1. The minimum atomic E-state index is -3.57. The van der Waals surface area contributed by atoms with Crippen molar-refractivity contribution in [3.8, 4) is 5.75 Å². The van der Waals surface area contributed by atoms with Gasteiger partial charge in [0.25, 0.3) is 5.91 Å². The third-order valence-electron chi connectivity index (χ3n) is 4.01. The lowest BCUT2D eigenvalue weighted by Crippen LogP contribution is -2.27. The number of aromatic hydroxyl groups is 1. The average Bonchev–Trinajstić information content (AvgIpc) is 3.21. The van der Waals surface area contributed by atoms with Crippen LogP contribution in [0.1, 0.15) is 28.9 Å². The Hall–Kier alpha value is -2.32. The first-order valence-corrected chi connectivity index (χ1v) is 9.11. The summed E-state index contributed by atoms with van der Waals surface area (Å²) in [5.74, 6) is -0.558. The van der Waals surface area contributed by atoms with Gasteiger partial charge >= 0.3 is 0 Å².